The Balaban J connectivity index is 2.20. The molecule has 2 aliphatic rings. The van der Waals surface area contributed by atoms with Crippen molar-refractivity contribution in [3.05, 3.63) is 41.3 Å². The summed E-state index contributed by atoms with van der Waals surface area (Å²) in [7, 11) is 0. The van der Waals surface area contributed by atoms with Crippen molar-refractivity contribution in [3.8, 4) is 5.75 Å². The number of para-hydroxylation sites is 1. The van der Waals surface area contributed by atoms with Gasteiger partial charge in [-0.05, 0) is 19.1 Å². The largest absolute Gasteiger partial charge is 0.456 e. The fourth-order valence-electron chi connectivity index (χ4n) is 1.96. The summed E-state index contributed by atoms with van der Waals surface area (Å²) in [6.07, 6.45) is 0. The number of hydrogen-bond donors (Lipinski definition) is 0. The van der Waals surface area contributed by atoms with Crippen LogP contribution < -0.4 is 4.74 Å². The third kappa shape index (κ3) is 1.04. The molecule has 1 aromatic rings. The third-order valence-corrected chi connectivity index (χ3v) is 2.73. The van der Waals surface area contributed by atoms with Crippen molar-refractivity contribution in [2.24, 2.45) is 5.92 Å². The molecule has 0 saturated carbocycles. The smallest absolute Gasteiger partial charge is 0.330 e. The first-order chi connectivity index (χ1) is 7.68. The maximum atomic E-state index is 12.0. The van der Waals surface area contributed by atoms with E-state index < -0.39 is 11.9 Å². The van der Waals surface area contributed by atoms with E-state index in [1.807, 2.05) is 0 Å². The molecule has 0 aromatic heterocycles. The number of cyclic esters (lactones) is 1. The van der Waals surface area contributed by atoms with Crippen LogP contribution >= 0.6 is 0 Å². The van der Waals surface area contributed by atoms with Crippen LogP contribution in [0.25, 0.3) is 0 Å². The lowest BCUT2D eigenvalue weighted by atomic mass is 9.93. The molecule has 0 amide bonds. The average Bonchev–Trinajstić information content (AvgIpc) is 2.55. The maximum absolute atomic E-state index is 12.0. The molecule has 16 heavy (non-hydrogen) atoms. The summed E-state index contributed by atoms with van der Waals surface area (Å²) < 4.78 is 10.4. The molecule has 0 N–H and O–H groups in total. The zero-order valence-electron chi connectivity index (χ0n) is 8.52. The molecular weight excluding hydrogens is 208 g/mol. The highest BCUT2D eigenvalue weighted by atomic mass is 16.6. The van der Waals surface area contributed by atoms with Crippen molar-refractivity contribution in [2.75, 3.05) is 0 Å². The summed E-state index contributed by atoms with van der Waals surface area (Å²) in [5, 5.41) is 0. The van der Waals surface area contributed by atoms with Gasteiger partial charge in [-0.15, -0.1) is 0 Å². The first-order valence-electron chi connectivity index (χ1n) is 4.92. The van der Waals surface area contributed by atoms with E-state index >= 15 is 0 Å². The van der Waals surface area contributed by atoms with Crippen LogP contribution in [0.3, 0.4) is 0 Å². The average molecular weight is 216 g/mol. The van der Waals surface area contributed by atoms with Crippen molar-refractivity contribution < 1.29 is 19.1 Å². The number of Topliss-reactive ketones (excluding diaryl/α,β-unsaturated/α-hetero) is 1. The summed E-state index contributed by atoms with van der Waals surface area (Å²) in [5.41, 5.74) is 0.433. The molecule has 0 saturated heterocycles. The lowest BCUT2D eigenvalue weighted by Gasteiger charge is -2.20. The van der Waals surface area contributed by atoms with E-state index in [1.54, 1.807) is 31.2 Å². The molecular formula is C12H8O4. The lowest BCUT2D eigenvalue weighted by molar-refractivity contribution is -0.138. The summed E-state index contributed by atoms with van der Waals surface area (Å²) >= 11 is 0. The summed E-state index contributed by atoms with van der Waals surface area (Å²) in [6, 6.07) is 6.86. The second-order valence-corrected chi connectivity index (χ2v) is 3.74. The van der Waals surface area contributed by atoms with Gasteiger partial charge in [-0.25, -0.2) is 0 Å². The fraction of sp³-hybridized carbons (Fsp3) is 0.167. The van der Waals surface area contributed by atoms with Crippen LogP contribution in [0.5, 0.6) is 5.75 Å². The van der Waals surface area contributed by atoms with E-state index in [9.17, 15) is 9.59 Å². The molecule has 1 unspecified atom stereocenters. The van der Waals surface area contributed by atoms with E-state index in [0.29, 0.717) is 22.8 Å². The monoisotopic (exact) mass is 216 g/mol. The number of esters is 1. The van der Waals surface area contributed by atoms with Crippen LogP contribution in [-0.2, 0) is 9.53 Å². The van der Waals surface area contributed by atoms with Gasteiger partial charge in [0, 0.05) is 0 Å². The first-order valence-corrected chi connectivity index (χ1v) is 4.92. The molecule has 1 aromatic carbocycles. The number of carbonyl (C=O) groups is 2. The predicted octanol–water partition coefficient (Wildman–Crippen LogP) is 1.67. The topological polar surface area (TPSA) is 52.6 Å². The maximum Gasteiger partial charge on any atom is 0.330 e. The molecule has 0 spiro atoms. The van der Waals surface area contributed by atoms with Crippen LogP contribution in [0, 0.1) is 5.92 Å². The molecule has 0 radical (unpaired) electrons. The number of rotatable bonds is 0. The van der Waals surface area contributed by atoms with E-state index in [4.69, 9.17) is 9.47 Å². The van der Waals surface area contributed by atoms with Crippen LogP contribution in [0.15, 0.2) is 35.8 Å². The minimum atomic E-state index is -0.908. The lowest BCUT2D eigenvalue weighted by Crippen LogP contribution is -2.29. The van der Waals surface area contributed by atoms with Gasteiger partial charge >= 0.3 is 5.97 Å². The van der Waals surface area contributed by atoms with Crippen LogP contribution in [-0.4, -0.2) is 11.8 Å². The molecule has 3 rings (SSSR count). The van der Waals surface area contributed by atoms with Crippen molar-refractivity contribution in [1.82, 2.24) is 0 Å². The SMILES string of the molecule is CC1=C2Oc3ccccc3C(=O)C2C(=O)O1. The highest BCUT2D eigenvalue weighted by Crippen LogP contribution is 2.38. The Bertz CT molecular complexity index is 542. The first kappa shape index (κ1) is 9.15. The molecule has 0 aliphatic carbocycles. The zero-order valence-corrected chi connectivity index (χ0v) is 8.52. The summed E-state index contributed by atoms with van der Waals surface area (Å²) in [4.78, 5) is 23.5. The Morgan fingerprint density at radius 3 is 2.69 bits per heavy atom. The number of ether oxygens (including phenoxy) is 2. The van der Waals surface area contributed by atoms with Crippen molar-refractivity contribution in [1.29, 1.82) is 0 Å². The molecule has 2 aliphatic heterocycles. The van der Waals surface area contributed by atoms with Crippen LogP contribution in [0.4, 0.5) is 0 Å². The number of allylic oxidation sites excluding steroid dienone is 1. The molecule has 1 atom stereocenters. The molecule has 4 nitrogen and oxygen atoms in total. The second-order valence-electron chi connectivity index (χ2n) is 3.74. The molecule has 0 bridgehead atoms. The number of fused-ring (bicyclic) bond motifs is 2. The second kappa shape index (κ2) is 2.95. The zero-order chi connectivity index (χ0) is 11.3. The number of ketones is 1. The Kier molecular flexibility index (Phi) is 1.68. The number of carbonyl (C=O) groups excluding carboxylic acids is 2. The van der Waals surface area contributed by atoms with Gasteiger partial charge in [0.1, 0.15) is 11.5 Å². The fourth-order valence-corrected chi connectivity index (χ4v) is 1.96. The normalized spacial score (nSPS) is 22.4. The summed E-state index contributed by atoms with van der Waals surface area (Å²) in [6.45, 7) is 1.62. The molecule has 80 valence electrons. The number of hydrogen-bond acceptors (Lipinski definition) is 4. The highest BCUT2D eigenvalue weighted by molar-refractivity contribution is 6.14. The Morgan fingerprint density at radius 1 is 1.12 bits per heavy atom. The van der Waals surface area contributed by atoms with E-state index in [2.05, 4.69) is 0 Å². The quantitative estimate of drug-likeness (QED) is 0.489. The van der Waals surface area contributed by atoms with Crippen LogP contribution in [0.1, 0.15) is 17.3 Å². The van der Waals surface area contributed by atoms with E-state index in [0.717, 1.165) is 0 Å². The van der Waals surface area contributed by atoms with E-state index in [1.165, 1.54) is 0 Å². The Labute approximate surface area is 91.5 Å². The van der Waals surface area contributed by atoms with E-state index in [-0.39, 0.29) is 5.78 Å². The van der Waals surface area contributed by atoms with Gasteiger partial charge in [0.05, 0.1) is 5.56 Å². The molecule has 2 heterocycles. The van der Waals surface area contributed by atoms with Gasteiger partial charge in [-0.3, -0.25) is 9.59 Å². The van der Waals surface area contributed by atoms with Crippen molar-refractivity contribution >= 4 is 11.8 Å². The van der Waals surface area contributed by atoms with Crippen LogP contribution in [0.2, 0.25) is 0 Å². The Morgan fingerprint density at radius 2 is 1.88 bits per heavy atom. The van der Waals surface area contributed by atoms with Gasteiger partial charge < -0.3 is 9.47 Å². The van der Waals surface area contributed by atoms with Gasteiger partial charge in [0.15, 0.2) is 17.5 Å². The highest BCUT2D eigenvalue weighted by Gasteiger charge is 2.45. The molecule has 4 heteroatoms. The summed E-state index contributed by atoms with van der Waals surface area (Å²) in [5.74, 6) is -0.524. The predicted molar refractivity (Wildman–Crippen MR) is 53.7 cm³/mol. The minimum Gasteiger partial charge on any atom is -0.456 e. The van der Waals surface area contributed by atoms with Crippen molar-refractivity contribution in [2.45, 2.75) is 6.92 Å². The van der Waals surface area contributed by atoms with Gasteiger partial charge in [-0.2, -0.15) is 0 Å². The van der Waals surface area contributed by atoms with Gasteiger partial charge in [0.2, 0.25) is 0 Å². The standard InChI is InChI=1S/C12H8O4/c1-6-11-9(12(14)15-6)10(13)7-4-2-3-5-8(7)16-11/h2-5,9H,1H3. The molecule has 0 fully saturated rings. The minimum absolute atomic E-state index is 0.251. The Hall–Kier alpha value is -2.10. The van der Waals surface area contributed by atoms with Gasteiger partial charge in [-0.1, -0.05) is 12.1 Å². The number of benzene rings is 1. The van der Waals surface area contributed by atoms with Crippen molar-refractivity contribution in [3.63, 3.8) is 0 Å². The van der Waals surface area contributed by atoms with Gasteiger partial charge in [0.25, 0.3) is 0 Å². The third-order valence-electron chi connectivity index (χ3n) is 2.73.